The van der Waals surface area contributed by atoms with Gasteiger partial charge in [-0.05, 0) is 55.2 Å². The molecule has 2 aromatic carbocycles. The van der Waals surface area contributed by atoms with Crippen LogP contribution >= 0.6 is 15.9 Å². The van der Waals surface area contributed by atoms with Gasteiger partial charge in [0, 0.05) is 4.47 Å². The van der Waals surface area contributed by atoms with Crippen molar-refractivity contribution in [3.8, 4) is 5.75 Å². The molecule has 3 heteroatoms. The van der Waals surface area contributed by atoms with Crippen molar-refractivity contribution in [3.05, 3.63) is 57.1 Å². The number of ether oxygens (including phenoxy) is 1. The molecule has 0 radical (unpaired) electrons. The minimum Gasteiger partial charge on any atom is -0.486 e. The number of hydrogen-bond acceptors (Lipinski definition) is 2. The van der Waals surface area contributed by atoms with Gasteiger partial charge in [0.05, 0.1) is 5.69 Å². The van der Waals surface area contributed by atoms with Crippen LogP contribution in [0.3, 0.4) is 0 Å². The smallest absolute Gasteiger partial charge is 0.145 e. The van der Waals surface area contributed by atoms with E-state index >= 15 is 0 Å². The minimum absolute atomic E-state index is 0.536. The quantitative estimate of drug-likeness (QED) is 0.843. The second-order valence-electron chi connectivity index (χ2n) is 4.85. The van der Waals surface area contributed by atoms with Crippen LogP contribution in [-0.2, 0) is 6.61 Å². The summed E-state index contributed by atoms with van der Waals surface area (Å²) >= 11 is 3.43. The number of nitrogens with two attached hydrogens (primary N) is 1. The molecule has 0 amide bonds. The molecule has 0 bridgehead atoms. The van der Waals surface area contributed by atoms with Gasteiger partial charge in [-0.1, -0.05) is 34.1 Å². The maximum absolute atomic E-state index is 5.99. The van der Waals surface area contributed by atoms with Gasteiger partial charge in [-0.2, -0.15) is 0 Å². The van der Waals surface area contributed by atoms with Gasteiger partial charge >= 0.3 is 0 Å². The molecule has 0 saturated carbocycles. The number of halogens is 1. The summed E-state index contributed by atoms with van der Waals surface area (Å²) < 4.78 is 6.83. The van der Waals surface area contributed by atoms with Gasteiger partial charge < -0.3 is 10.5 Å². The first kappa shape index (κ1) is 13.9. The molecule has 0 aliphatic rings. The fourth-order valence-corrected chi connectivity index (χ4v) is 2.59. The fourth-order valence-electron chi connectivity index (χ4n) is 2.00. The Hall–Kier alpha value is -1.48. The van der Waals surface area contributed by atoms with Gasteiger partial charge in [0.25, 0.3) is 0 Å². The molecule has 19 heavy (non-hydrogen) atoms. The van der Waals surface area contributed by atoms with Crippen molar-refractivity contribution in [2.45, 2.75) is 27.4 Å². The Morgan fingerprint density at radius 2 is 1.74 bits per heavy atom. The summed E-state index contributed by atoms with van der Waals surface area (Å²) in [5.41, 5.74) is 11.4. The molecule has 0 fully saturated rings. The first-order chi connectivity index (χ1) is 8.97. The average Bonchev–Trinajstić information content (AvgIpc) is 2.32. The number of nitrogen functional groups attached to an aromatic ring is 1. The highest BCUT2D eigenvalue weighted by molar-refractivity contribution is 9.10. The molecule has 2 aromatic rings. The van der Waals surface area contributed by atoms with E-state index in [0.717, 1.165) is 21.3 Å². The van der Waals surface area contributed by atoms with Crippen LogP contribution in [0, 0.1) is 20.8 Å². The van der Waals surface area contributed by atoms with Gasteiger partial charge in [-0.15, -0.1) is 0 Å². The molecule has 100 valence electrons. The van der Waals surface area contributed by atoms with Gasteiger partial charge in [0.1, 0.15) is 12.4 Å². The summed E-state index contributed by atoms with van der Waals surface area (Å²) in [6.45, 7) is 6.75. The molecular weight excluding hydrogens is 302 g/mol. The topological polar surface area (TPSA) is 35.2 Å². The molecule has 2 rings (SSSR count). The normalized spacial score (nSPS) is 10.5. The van der Waals surface area contributed by atoms with Gasteiger partial charge in [0.15, 0.2) is 0 Å². The zero-order valence-electron chi connectivity index (χ0n) is 11.5. The van der Waals surface area contributed by atoms with Crippen molar-refractivity contribution in [1.29, 1.82) is 0 Å². The first-order valence-corrected chi connectivity index (χ1v) is 7.01. The van der Waals surface area contributed by atoms with Crippen LogP contribution in [0.25, 0.3) is 0 Å². The summed E-state index contributed by atoms with van der Waals surface area (Å²) in [6.07, 6.45) is 0. The Morgan fingerprint density at radius 1 is 1.00 bits per heavy atom. The second-order valence-corrected chi connectivity index (χ2v) is 5.76. The van der Waals surface area contributed by atoms with E-state index in [0.29, 0.717) is 12.3 Å². The molecule has 0 aliphatic heterocycles. The molecule has 0 saturated heterocycles. The molecule has 2 nitrogen and oxygen atoms in total. The van der Waals surface area contributed by atoms with E-state index in [1.165, 1.54) is 11.1 Å². The van der Waals surface area contributed by atoms with E-state index in [9.17, 15) is 0 Å². The molecule has 0 spiro atoms. The van der Waals surface area contributed by atoms with E-state index in [4.69, 9.17) is 10.5 Å². The van der Waals surface area contributed by atoms with Crippen LogP contribution in [0.2, 0.25) is 0 Å². The van der Waals surface area contributed by atoms with Crippen LogP contribution in [0.4, 0.5) is 5.69 Å². The molecule has 0 unspecified atom stereocenters. The number of benzene rings is 2. The molecule has 0 aromatic heterocycles. The maximum Gasteiger partial charge on any atom is 0.145 e. The lowest BCUT2D eigenvalue weighted by Crippen LogP contribution is -2.01. The Bertz CT molecular complexity index is 585. The van der Waals surface area contributed by atoms with E-state index in [2.05, 4.69) is 48.0 Å². The number of rotatable bonds is 3. The predicted octanol–water partition coefficient (Wildman–Crippen LogP) is 4.54. The van der Waals surface area contributed by atoms with Crippen LogP contribution in [0.5, 0.6) is 5.75 Å². The minimum atomic E-state index is 0.536. The molecule has 0 heterocycles. The SMILES string of the molecule is Cc1ccc(COc2c(C)cc(Br)cc2N)cc1C. The van der Waals surface area contributed by atoms with Crippen molar-refractivity contribution in [3.63, 3.8) is 0 Å². The van der Waals surface area contributed by atoms with Crippen LogP contribution in [0.15, 0.2) is 34.8 Å². The van der Waals surface area contributed by atoms with Crippen molar-refractivity contribution in [1.82, 2.24) is 0 Å². The molecular formula is C16H18BrNO. The summed E-state index contributed by atoms with van der Waals surface area (Å²) in [5, 5.41) is 0. The van der Waals surface area contributed by atoms with Crippen molar-refractivity contribution in [2.24, 2.45) is 0 Å². The zero-order chi connectivity index (χ0) is 14.0. The lowest BCUT2D eigenvalue weighted by molar-refractivity contribution is 0.305. The maximum atomic E-state index is 5.99. The largest absolute Gasteiger partial charge is 0.486 e. The number of hydrogen-bond donors (Lipinski definition) is 1. The fraction of sp³-hybridized carbons (Fsp3) is 0.250. The molecule has 0 atom stereocenters. The predicted molar refractivity (Wildman–Crippen MR) is 83.5 cm³/mol. The lowest BCUT2D eigenvalue weighted by atomic mass is 10.1. The van der Waals surface area contributed by atoms with Gasteiger partial charge in [-0.3, -0.25) is 0 Å². The average molecular weight is 320 g/mol. The van der Waals surface area contributed by atoms with Crippen LogP contribution in [-0.4, -0.2) is 0 Å². The summed E-state index contributed by atoms with van der Waals surface area (Å²) in [7, 11) is 0. The summed E-state index contributed by atoms with van der Waals surface area (Å²) in [4.78, 5) is 0. The number of anilines is 1. The Balaban J connectivity index is 2.16. The highest BCUT2D eigenvalue weighted by Gasteiger charge is 2.07. The third-order valence-electron chi connectivity index (χ3n) is 3.22. The lowest BCUT2D eigenvalue weighted by Gasteiger charge is -2.13. The van der Waals surface area contributed by atoms with E-state index < -0.39 is 0 Å². The van der Waals surface area contributed by atoms with Crippen molar-refractivity contribution in [2.75, 3.05) is 5.73 Å². The van der Waals surface area contributed by atoms with Crippen LogP contribution < -0.4 is 10.5 Å². The Morgan fingerprint density at radius 3 is 2.37 bits per heavy atom. The van der Waals surface area contributed by atoms with Crippen molar-refractivity contribution >= 4 is 21.6 Å². The van der Waals surface area contributed by atoms with Crippen LogP contribution in [0.1, 0.15) is 22.3 Å². The van der Waals surface area contributed by atoms with E-state index in [1.54, 1.807) is 0 Å². The molecule has 0 aliphatic carbocycles. The third-order valence-corrected chi connectivity index (χ3v) is 3.68. The van der Waals surface area contributed by atoms with Crippen molar-refractivity contribution < 1.29 is 4.74 Å². The zero-order valence-corrected chi connectivity index (χ0v) is 13.0. The van der Waals surface area contributed by atoms with E-state index in [-0.39, 0.29) is 0 Å². The first-order valence-electron chi connectivity index (χ1n) is 6.22. The van der Waals surface area contributed by atoms with Gasteiger partial charge in [-0.25, -0.2) is 0 Å². The summed E-state index contributed by atoms with van der Waals surface area (Å²) in [5.74, 6) is 0.765. The van der Waals surface area contributed by atoms with Gasteiger partial charge in [0.2, 0.25) is 0 Å². The Kier molecular flexibility index (Phi) is 4.15. The Labute approximate surface area is 122 Å². The highest BCUT2D eigenvalue weighted by atomic mass is 79.9. The van der Waals surface area contributed by atoms with E-state index in [1.807, 2.05) is 19.1 Å². The third kappa shape index (κ3) is 3.29. The molecule has 2 N–H and O–H groups in total. The standard InChI is InChI=1S/C16H18BrNO/c1-10-4-5-13(6-11(10)2)9-19-16-12(3)7-14(17)8-15(16)18/h4-8H,9,18H2,1-3H3. The number of aryl methyl sites for hydroxylation is 3. The summed E-state index contributed by atoms with van der Waals surface area (Å²) in [6, 6.07) is 10.2. The monoisotopic (exact) mass is 319 g/mol. The second kappa shape index (κ2) is 5.66. The highest BCUT2D eigenvalue weighted by Crippen LogP contribution is 2.30.